The number of nitrogens with one attached hydrogen (secondary N) is 1. The zero-order valence-corrected chi connectivity index (χ0v) is 18.3. The van der Waals surface area contributed by atoms with Gasteiger partial charge in [0.05, 0.1) is 5.69 Å². The van der Waals surface area contributed by atoms with Crippen molar-refractivity contribution in [2.45, 2.75) is 66.5 Å². The van der Waals surface area contributed by atoms with E-state index in [0.717, 1.165) is 32.6 Å². The normalized spacial score (nSPS) is 10.8. The Morgan fingerprint density at radius 1 is 1.04 bits per heavy atom. The largest absolute Gasteiger partial charge is 0.313 e. The van der Waals surface area contributed by atoms with Crippen molar-refractivity contribution in [2.24, 2.45) is 0 Å². The summed E-state index contributed by atoms with van der Waals surface area (Å²) in [7, 11) is 2.13. The van der Waals surface area contributed by atoms with Gasteiger partial charge in [-0.2, -0.15) is 0 Å². The number of benzene rings is 1. The molecule has 1 heterocycles. The first-order valence-electron chi connectivity index (χ1n) is 10.4. The number of nitrogens with zero attached hydrogens (tertiary/aromatic N) is 2. The smallest absolute Gasteiger partial charge is 0.0575 e. The molecule has 0 aliphatic rings. The van der Waals surface area contributed by atoms with Gasteiger partial charge in [-0.15, -0.1) is 0 Å². The number of hydrogen-bond donors (Lipinski definition) is 1. The highest BCUT2D eigenvalue weighted by Crippen LogP contribution is 2.14. The van der Waals surface area contributed by atoms with Gasteiger partial charge in [0.2, 0.25) is 0 Å². The lowest BCUT2D eigenvalue weighted by atomic mass is 10.0. The first kappa shape index (κ1) is 23.3. The third-order valence-electron chi connectivity index (χ3n) is 4.69. The molecule has 0 saturated carbocycles. The Morgan fingerprint density at radius 3 is 2.30 bits per heavy atom. The number of aryl methyl sites for hydroxylation is 1. The molecule has 1 N–H and O–H groups in total. The summed E-state index contributed by atoms with van der Waals surface area (Å²) in [6.07, 6.45) is 4.22. The molecule has 2 rings (SSSR count). The van der Waals surface area contributed by atoms with Gasteiger partial charge in [-0.05, 0) is 55.2 Å². The molecule has 0 aliphatic carbocycles. The van der Waals surface area contributed by atoms with Crippen molar-refractivity contribution in [2.75, 3.05) is 20.1 Å². The first-order valence-corrected chi connectivity index (χ1v) is 10.4. The summed E-state index contributed by atoms with van der Waals surface area (Å²) in [5, 5.41) is 3.31. The fourth-order valence-electron chi connectivity index (χ4n) is 2.77. The molecule has 0 saturated heterocycles. The Bertz CT molecular complexity index is 620. The second-order valence-corrected chi connectivity index (χ2v) is 7.37. The molecule has 2 aromatic rings. The predicted octanol–water partition coefficient (Wildman–Crippen LogP) is 5.41. The lowest BCUT2D eigenvalue weighted by Gasteiger charge is -2.15. The van der Waals surface area contributed by atoms with Crippen LogP contribution in [0, 0.1) is 0 Å². The molecular weight excluding hydrogens is 330 g/mol. The average Bonchev–Trinajstić information content (AvgIpc) is 2.68. The van der Waals surface area contributed by atoms with Crippen LogP contribution in [0.25, 0.3) is 0 Å². The van der Waals surface area contributed by atoms with Crippen LogP contribution in [0.3, 0.4) is 0 Å². The molecule has 150 valence electrons. The van der Waals surface area contributed by atoms with E-state index >= 15 is 0 Å². The maximum Gasteiger partial charge on any atom is 0.0575 e. The van der Waals surface area contributed by atoms with E-state index in [1.165, 1.54) is 28.8 Å². The van der Waals surface area contributed by atoms with Gasteiger partial charge in [-0.25, -0.2) is 0 Å². The molecule has 0 amide bonds. The first-order chi connectivity index (χ1) is 13.0. The van der Waals surface area contributed by atoms with Crippen LogP contribution in [-0.4, -0.2) is 30.0 Å². The van der Waals surface area contributed by atoms with Gasteiger partial charge >= 0.3 is 0 Å². The second kappa shape index (κ2) is 13.5. The molecule has 0 spiro atoms. The molecule has 0 bridgehead atoms. The van der Waals surface area contributed by atoms with Crippen molar-refractivity contribution in [1.29, 1.82) is 0 Å². The van der Waals surface area contributed by atoms with Crippen LogP contribution in [0.4, 0.5) is 0 Å². The van der Waals surface area contributed by atoms with E-state index in [1.54, 1.807) is 0 Å². The summed E-state index contributed by atoms with van der Waals surface area (Å²) in [6.45, 7) is 15.0. The van der Waals surface area contributed by atoms with Gasteiger partial charge < -0.3 is 10.2 Å². The lowest BCUT2D eigenvalue weighted by Crippen LogP contribution is -2.18. The summed E-state index contributed by atoms with van der Waals surface area (Å²) >= 11 is 0. The molecule has 0 radical (unpaired) electrons. The van der Waals surface area contributed by atoms with E-state index in [1.807, 2.05) is 12.3 Å². The van der Waals surface area contributed by atoms with Gasteiger partial charge in [-0.3, -0.25) is 4.98 Å². The summed E-state index contributed by atoms with van der Waals surface area (Å²) in [5.74, 6) is 0.633. The summed E-state index contributed by atoms with van der Waals surface area (Å²) < 4.78 is 0. The van der Waals surface area contributed by atoms with Crippen molar-refractivity contribution >= 4 is 0 Å². The second-order valence-electron chi connectivity index (χ2n) is 7.37. The highest BCUT2D eigenvalue weighted by Gasteiger charge is 2.04. The van der Waals surface area contributed by atoms with Gasteiger partial charge in [0.25, 0.3) is 0 Å². The fraction of sp³-hybridized carbons (Fsp3) is 0.542. The van der Waals surface area contributed by atoms with Crippen molar-refractivity contribution < 1.29 is 0 Å². The van der Waals surface area contributed by atoms with Crippen molar-refractivity contribution in [3.8, 4) is 0 Å². The van der Waals surface area contributed by atoms with Crippen molar-refractivity contribution in [1.82, 2.24) is 15.2 Å². The third-order valence-corrected chi connectivity index (χ3v) is 4.69. The minimum Gasteiger partial charge on any atom is -0.313 e. The van der Waals surface area contributed by atoms with Crippen LogP contribution < -0.4 is 5.32 Å². The lowest BCUT2D eigenvalue weighted by molar-refractivity contribution is 0.340. The Labute approximate surface area is 167 Å². The molecule has 0 aliphatic heterocycles. The highest BCUT2D eigenvalue weighted by molar-refractivity contribution is 5.24. The van der Waals surface area contributed by atoms with Crippen LogP contribution in [0.5, 0.6) is 0 Å². The zero-order valence-electron chi connectivity index (χ0n) is 18.3. The molecule has 0 unspecified atom stereocenters. The summed E-state index contributed by atoms with van der Waals surface area (Å²) in [6, 6.07) is 13.1. The SMILES string of the molecule is CCCc1cccnc1CN(C)CC.CCNCc1ccc(C(C)C)cc1. The predicted molar refractivity (Wildman–Crippen MR) is 118 cm³/mol. The van der Waals surface area contributed by atoms with E-state index in [2.05, 4.69) is 87.2 Å². The monoisotopic (exact) mass is 369 g/mol. The van der Waals surface area contributed by atoms with Crippen LogP contribution in [0.2, 0.25) is 0 Å². The summed E-state index contributed by atoms with van der Waals surface area (Å²) in [5.41, 5.74) is 5.42. The van der Waals surface area contributed by atoms with Gasteiger partial charge in [0, 0.05) is 19.3 Å². The Morgan fingerprint density at radius 2 is 1.74 bits per heavy atom. The van der Waals surface area contributed by atoms with Gasteiger partial charge in [0.1, 0.15) is 0 Å². The minimum atomic E-state index is 0.633. The molecular formula is C24H39N3. The van der Waals surface area contributed by atoms with E-state index < -0.39 is 0 Å². The third kappa shape index (κ3) is 9.16. The van der Waals surface area contributed by atoms with Crippen molar-refractivity contribution in [3.05, 3.63) is 65.0 Å². The highest BCUT2D eigenvalue weighted by atomic mass is 15.1. The molecule has 1 aromatic carbocycles. The van der Waals surface area contributed by atoms with E-state index in [0.29, 0.717) is 5.92 Å². The molecule has 3 nitrogen and oxygen atoms in total. The van der Waals surface area contributed by atoms with Crippen LogP contribution in [0.1, 0.15) is 69.3 Å². The number of hydrogen-bond acceptors (Lipinski definition) is 3. The number of pyridine rings is 1. The van der Waals surface area contributed by atoms with Gasteiger partial charge in [0.15, 0.2) is 0 Å². The van der Waals surface area contributed by atoms with E-state index in [9.17, 15) is 0 Å². The number of aromatic nitrogens is 1. The van der Waals surface area contributed by atoms with Crippen LogP contribution in [-0.2, 0) is 19.5 Å². The standard InChI is InChI=1S/C12H20N2.C12H19N/c1-4-7-11-8-6-9-13-12(11)10-14(3)5-2;1-4-13-9-11-5-7-12(8-6-11)10(2)3/h6,8-9H,4-5,7,10H2,1-3H3;5-8,10,13H,4,9H2,1-3H3. The molecule has 3 heteroatoms. The topological polar surface area (TPSA) is 28.2 Å². The van der Waals surface area contributed by atoms with Crippen molar-refractivity contribution in [3.63, 3.8) is 0 Å². The molecule has 27 heavy (non-hydrogen) atoms. The van der Waals surface area contributed by atoms with Crippen LogP contribution >= 0.6 is 0 Å². The Kier molecular flexibility index (Phi) is 11.6. The maximum atomic E-state index is 4.44. The molecule has 1 aromatic heterocycles. The van der Waals surface area contributed by atoms with Gasteiger partial charge in [-0.1, -0.05) is 71.4 Å². The Hall–Kier alpha value is -1.71. The maximum absolute atomic E-state index is 4.44. The minimum absolute atomic E-state index is 0.633. The van der Waals surface area contributed by atoms with E-state index in [4.69, 9.17) is 0 Å². The fourth-order valence-corrected chi connectivity index (χ4v) is 2.77. The molecule has 0 fully saturated rings. The molecule has 0 atom stereocenters. The Balaban J connectivity index is 0.000000271. The zero-order chi connectivity index (χ0) is 20.1. The van der Waals surface area contributed by atoms with E-state index in [-0.39, 0.29) is 0 Å². The average molecular weight is 370 g/mol. The van der Waals surface area contributed by atoms with Crippen LogP contribution in [0.15, 0.2) is 42.6 Å². The quantitative estimate of drug-likeness (QED) is 0.641. The number of rotatable bonds is 9. The summed E-state index contributed by atoms with van der Waals surface area (Å²) in [4.78, 5) is 6.72.